The van der Waals surface area contributed by atoms with Gasteiger partial charge in [-0.25, -0.2) is 0 Å². The highest BCUT2D eigenvalue weighted by atomic mass is 16.6. The van der Waals surface area contributed by atoms with Crippen LogP contribution in [0.25, 0.3) is 11.1 Å². The summed E-state index contributed by atoms with van der Waals surface area (Å²) in [5.74, 6) is 0. The molecule has 3 N–H and O–H groups in total. The molecule has 2 unspecified atom stereocenters. The van der Waals surface area contributed by atoms with E-state index in [1.165, 1.54) is 12.3 Å². The molecule has 3 rings (SSSR count). The molecule has 0 radical (unpaired) electrons. The molecule has 1 fully saturated rings. The number of hydrogen-bond donors (Lipinski definition) is 3. The third kappa shape index (κ3) is 6.01. The number of rotatable bonds is 11. The first-order chi connectivity index (χ1) is 14.6. The van der Waals surface area contributed by atoms with Crippen LogP contribution in [0.1, 0.15) is 38.5 Å². The van der Waals surface area contributed by atoms with Crippen LogP contribution >= 0.6 is 0 Å². The van der Waals surface area contributed by atoms with Crippen LogP contribution in [-0.4, -0.2) is 63.6 Å². The number of nitrogens with zero attached hydrogens (tertiary/aromatic N) is 3. The quantitative estimate of drug-likeness (QED) is 0.289. The van der Waals surface area contributed by atoms with Gasteiger partial charge in [-0.1, -0.05) is 18.0 Å². The van der Waals surface area contributed by atoms with Crippen LogP contribution in [-0.2, 0) is 0 Å². The molecule has 1 saturated heterocycles. The molecule has 2 atom stereocenters. The fourth-order valence-electron chi connectivity index (χ4n) is 3.94. The van der Waals surface area contributed by atoms with Gasteiger partial charge in [-0.15, -0.1) is 0 Å². The summed E-state index contributed by atoms with van der Waals surface area (Å²) >= 11 is 0. The molecule has 9 heteroatoms. The topological polar surface area (TPSA) is 125 Å². The number of aliphatic hydroxyl groups is 2. The van der Waals surface area contributed by atoms with E-state index in [0.29, 0.717) is 18.7 Å². The molecular formula is C21H30N4O5. The van der Waals surface area contributed by atoms with Crippen LogP contribution in [0.3, 0.4) is 0 Å². The highest BCUT2D eigenvalue weighted by Crippen LogP contribution is 2.30. The van der Waals surface area contributed by atoms with Crippen LogP contribution < -0.4 is 5.32 Å². The first-order valence-corrected chi connectivity index (χ1v) is 10.5. The predicted octanol–water partition coefficient (Wildman–Crippen LogP) is 3.04. The molecule has 0 bridgehead atoms. The number of likely N-dealkylation sites (tertiary alicyclic amines) is 1. The Hall–Kier alpha value is -2.49. The molecule has 1 aromatic heterocycles. The largest absolute Gasteiger partial charge is 0.395 e. The molecule has 1 aromatic carbocycles. The minimum atomic E-state index is -0.382. The van der Waals surface area contributed by atoms with Crippen LogP contribution in [0, 0.1) is 10.1 Å². The SMILES string of the molecule is O=[N+]([O-])c1ccc(-c2cnoc2)cc1NCCCCCCN1CCC(O)CC1CO. The Kier molecular flexibility index (Phi) is 8.18. The van der Waals surface area contributed by atoms with E-state index >= 15 is 0 Å². The Bertz CT molecular complexity index is 799. The van der Waals surface area contributed by atoms with Crippen LogP contribution in [0.2, 0.25) is 0 Å². The zero-order valence-electron chi connectivity index (χ0n) is 17.1. The number of aliphatic hydroxyl groups excluding tert-OH is 2. The average molecular weight is 418 g/mol. The summed E-state index contributed by atoms with van der Waals surface area (Å²) in [6.07, 6.45) is 8.24. The molecule has 0 aliphatic carbocycles. The lowest BCUT2D eigenvalue weighted by molar-refractivity contribution is -0.383. The van der Waals surface area contributed by atoms with E-state index in [0.717, 1.165) is 56.3 Å². The fraction of sp³-hybridized carbons (Fsp3) is 0.571. The summed E-state index contributed by atoms with van der Waals surface area (Å²) in [7, 11) is 0. The van der Waals surface area contributed by atoms with E-state index in [9.17, 15) is 20.3 Å². The normalized spacial score (nSPS) is 19.7. The standard InChI is InChI=1S/C21H30N4O5/c26-14-18-12-19(27)7-10-24(18)9-4-2-1-3-8-22-20-11-16(17-13-23-30-15-17)5-6-21(20)25(28)29/h5-6,11,13,15,18-19,22,26-27H,1-4,7-10,12,14H2. The number of nitro groups is 1. The van der Waals surface area contributed by atoms with Crippen molar-refractivity contribution in [1.29, 1.82) is 0 Å². The number of nitrogens with one attached hydrogen (secondary N) is 1. The Morgan fingerprint density at radius 1 is 1.27 bits per heavy atom. The van der Waals surface area contributed by atoms with Gasteiger partial charge in [0.15, 0.2) is 0 Å². The van der Waals surface area contributed by atoms with E-state index in [2.05, 4.69) is 15.4 Å². The number of unbranched alkanes of at least 4 members (excludes halogenated alkanes) is 3. The monoisotopic (exact) mass is 418 g/mol. The number of hydrogen-bond acceptors (Lipinski definition) is 8. The maximum absolute atomic E-state index is 11.3. The fourth-order valence-corrected chi connectivity index (χ4v) is 3.94. The number of nitro benzene ring substituents is 1. The van der Waals surface area contributed by atoms with Gasteiger partial charge in [0.05, 0.1) is 23.8 Å². The van der Waals surface area contributed by atoms with E-state index < -0.39 is 0 Å². The Labute approximate surface area is 175 Å². The van der Waals surface area contributed by atoms with Gasteiger partial charge in [-0.3, -0.25) is 15.0 Å². The third-order valence-corrected chi connectivity index (χ3v) is 5.67. The van der Waals surface area contributed by atoms with Crippen molar-refractivity contribution in [3.05, 3.63) is 40.8 Å². The second-order valence-electron chi connectivity index (χ2n) is 7.79. The van der Waals surface area contributed by atoms with Gasteiger partial charge in [0.25, 0.3) is 5.69 Å². The lowest BCUT2D eigenvalue weighted by Gasteiger charge is -2.36. The summed E-state index contributed by atoms with van der Waals surface area (Å²) in [6.45, 7) is 2.51. The number of benzene rings is 1. The molecule has 164 valence electrons. The Balaban J connectivity index is 1.41. The smallest absolute Gasteiger partial charge is 0.292 e. The molecule has 0 spiro atoms. The number of aromatic nitrogens is 1. The van der Waals surface area contributed by atoms with Crippen LogP contribution in [0.5, 0.6) is 0 Å². The molecule has 9 nitrogen and oxygen atoms in total. The summed E-state index contributed by atoms with van der Waals surface area (Å²) < 4.78 is 4.85. The zero-order chi connectivity index (χ0) is 21.3. The second kappa shape index (κ2) is 11.1. The molecule has 2 heterocycles. The van der Waals surface area contributed by atoms with Crippen molar-refractivity contribution in [3.63, 3.8) is 0 Å². The molecular weight excluding hydrogens is 388 g/mol. The van der Waals surface area contributed by atoms with Gasteiger partial charge < -0.3 is 20.1 Å². The first-order valence-electron chi connectivity index (χ1n) is 10.5. The van der Waals surface area contributed by atoms with E-state index in [-0.39, 0.29) is 29.4 Å². The van der Waals surface area contributed by atoms with Crippen LogP contribution in [0.4, 0.5) is 11.4 Å². The summed E-state index contributed by atoms with van der Waals surface area (Å²) in [5, 5.41) is 37.4. The van der Waals surface area contributed by atoms with Gasteiger partial charge >= 0.3 is 0 Å². The zero-order valence-corrected chi connectivity index (χ0v) is 17.1. The molecule has 30 heavy (non-hydrogen) atoms. The molecule has 0 amide bonds. The lowest BCUT2D eigenvalue weighted by atomic mass is 9.99. The van der Waals surface area contributed by atoms with Gasteiger partial charge in [0.2, 0.25) is 0 Å². The molecule has 2 aromatic rings. The first kappa shape index (κ1) is 22.2. The van der Waals surface area contributed by atoms with E-state index in [1.54, 1.807) is 18.3 Å². The second-order valence-corrected chi connectivity index (χ2v) is 7.79. The van der Waals surface area contributed by atoms with Gasteiger partial charge in [-0.05, 0) is 49.9 Å². The highest BCUT2D eigenvalue weighted by Gasteiger charge is 2.26. The van der Waals surface area contributed by atoms with Crippen molar-refractivity contribution in [2.75, 3.05) is 31.6 Å². The molecule has 0 saturated carbocycles. The Morgan fingerprint density at radius 2 is 2.10 bits per heavy atom. The van der Waals surface area contributed by atoms with Gasteiger partial charge in [-0.2, -0.15) is 0 Å². The predicted molar refractivity (Wildman–Crippen MR) is 113 cm³/mol. The van der Waals surface area contributed by atoms with Crippen LogP contribution in [0.15, 0.2) is 35.2 Å². The molecule has 1 aliphatic heterocycles. The maximum atomic E-state index is 11.3. The van der Waals surface area contributed by atoms with Crippen molar-refractivity contribution in [2.24, 2.45) is 0 Å². The summed E-state index contributed by atoms with van der Waals surface area (Å²) in [5.41, 5.74) is 2.14. The average Bonchev–Trinajstić information content (AvgIpc) is 3.28. The van der Waals surface area contributed by atoms with Crippen molar-refractivity contribution >= 4 is 11.4 Å². The Morgan fingerprint density at radius 3 is 2.83 bits per heavy atom. The third-order valence-electron chi connectivity index (χ3n) is 5.67. The minimum absolute atomic E-state index is 0.0533. The van der Waals surface area contributed by atoms with Crippen molar-refractivity contribution in [3.8, 4) is 11.1 Å². The summed E-state index contributed by atoms with van der Waals surface area (Å²) in [6, 6.07) is 5.01. The summed E-state index contributed by atoms with van der Waals surface area (Å²) in [4.78, 5) is 13.2. The van der Waals surface area contributed by atoms with Gasteiger partial charge in [0.1, 0.15) is 12.0 Å². The number of anilines is 1. The van der Waals surface area contributed by atoms with E-state index in [4.69, 9.17) is 4.52 Å². The number of piperidine rings is 1. The van der Waals surface area contributed by atoms with Crippen molar-refractivity contribution in [2.45, 2.75) is 50.7 Å². The molecule has 1 aliphatic rings. The minimum Gasteiger partial charge on any atom is -0.395 e. The highest BCUT2D eigenvalue weighted by molar-refractivity contribution is 5.73. The maximum Gasteiger partial charge on any atom is 0.292 e. The van der Waals surface area contributed by atoms with Crippen molar-refractivity contribution < 1.29 is 19.7 Å². The van der Waals surface area contributed by atoms with Crippen molar-refractivity contribution in [1.82, 2.24) is 10.1 Å². The van der Waals surface area contributed by atoms with E-state index in [1.807, 2.05) is 0 Å². The lowest BCUT2D eigenvalue weighted by Crippen LogP contribution is -2.46. The van der Waals surface area contributed by atoms with Gasteiger partial charge in [0, 0.05) is 30.8 Å².